The van der Waals surface area contributed by atoms with Crippen LogP contribution >= 0.6 is 0 Å². The maximum absolute atomic E-state index is 11.2. The normalized spacial score (nSPS) is 17.9. The number of aromatic nitrogens is 2. The van der Waals surface area contributed by atoms with E-state index < -0.39 is 0 Å². The molecule has 6 heteroatoms. The average Bonchev–Trinajstić information content (AvgIpc) is 2.83. The van der Waals surface area contributed by atoms with Gasteiger partial charge in [0.05, 0.1) is 0 Å². The molecule has 0 radical (unpaired) electrons. The number of nitrogens with zero attached hydrogens (tertiary/aromatic N) is 2. The van der Waals surface area contributed by atoms with Crippen LogP contribution in [0.15, 0.2) is 6.07 Å². The highest BCUT2D eigenvalue weighted by atomic mass is 16.1. The van der Waals surface area contributed by atoms with Gasteiger partial charge in [0.1, 0.15) is 17.5 Å². The number of carbonyl (C=O) groups is 1. The van der Waals surface area contributed by atoms with Crippen molar-refractivity contribution in [3.63, 3.8) is 0 Å². The number of carbonyl (C=O) groups excluding carboxylic acids is 1. The minimum atomic E-state index is 0.138. The fourth-order valence-electron chi connectivity index (χ4n) is 2.25. The molecule has 6 nitrogen and oxygen atoms in total. The van der Waals surface area contributed by atoms with Gasteiger partial charge >= 0.3 is 0 Å². The van der Waals surface area contributed by atoms with Gasteiger partial charge in [0, 0.05) is 38.0 Å². The molecule has 20 heavy (non-hydrogen) atoms. The summed E-state index contributed by atoms with van der Waals surface area (Å²) < 4.78 is 0. The Bertz CT molecular complexity index is 439. The number of aryl methyl sites for hydroxylation is 1. The Kier molecular flexibility index (Phi) is 5.15. The van der Waals surface area contributed by atoms with Crippen molar-refractivity contribution in [1.82, 2.24) is 15.3 Å². The van der Waals surface area contributed by atoms with Crippen LogP contribution in [0.1, 0.15) is 38.9 Å². The third-order valence-corrected chi connectivity index (χ3v) is 3.22. The first-order valence-corrected chi connectivity index (χ1v) is 7.36. The van der Waals surface area contributed by atoms with Gasteiger partial charge in [-0.05, 0) is 19.8 Å². The molecule has 0 saturated carbocycles. The summed E-state index contributed by atoms with van der Waals surface area (Å²) in [6.45, 7) is 5.70. The zero-order chi connectivity index (χ0) is 14.4. The van der Waals surface area contributed by atoms with Crippen LogP contribution in [0.25, 0.3) is 0 Å². The molecule has 1 unspecified atom stereocenters. The lowest BCUT2D eigenvalue weighted by molar-refractivity contribution is -0.119. The Hall–Kier alpha value is -1.85. The molecule has 1 aliphatic heterocycles. The summed E-state index contributed by atoms with van der Waals surface area (Å²) in [4.78, 5) is 20.2. The van der Waals surface area contributed by atoms with E-state index in [0.29, 0.717) is 13.0 Å². The minimum absolute atomic E-state index is 0.138. The zero-order valence-electron chi connectivity index (χ0n) is 12.2. The van der Waals surface area contributed by atoms with Crippen molar-refractivity contribution in [3.8, 4) is 0 Å². The van der Waals surface area contributed by atoms with E-state index in [1.807, 2.05) is 13.0 Å². The maximum Gasteiger partial charge on any atom is 0.220 e. The monoisotopic (exact) mass is 277 g/mol. The molecule has 0 aliphatic carbocycles. The molecule has 1 amide bonds. The first-order valence-electron chi connectivity index (χ1n) is 7.36. The van der Waals surface area contributed by atoms with Gasteiger partial charge in [0.15, 0.2) is 0 Å². The molecule has 3 N–H and O–H groups in total. The largest absolute Gasteiger partial charge is 0.370 e. The third kappa shape index (κ3) is 4.08. The summed E-state index contributed by atoms with van der Waals surface area (Å²) in [5.74, 6) is 2.66. The zero-order valence-corrected chi connectivity index (χ0v) is 12.2. The van der Waals surface area contributed by atoms with Crippen LogP contribution in [0, 0.1) is 0 Å². The van der Waals surface area contributed by atoms with Gasteiger partial charge in [0.2, 0.25) is 5.91 Å². The minimum Gasteiger partial charge on any atom is -0.370 e. The fourth-order valence-corrected chi connectivity index (χ4v) is 2.25. The summed E-state index contributed by atoms with van der Waals surface area (Å²) in [5.41, 5.74) is 0. The summed E-state index contributed by atoms with van der Waals surface area (Å²) >= 11 is 0. The molecule has 1 saturated heterocycles. The van der Waals surface area contributed by atoms with Crippen molar-refractivity contribution in [3.05, 3.63) is 11.9 Å². The van der Waals surface area contributed by atoms with Crippen molar-refractivity contribution in [2.75, 3.05) is 23.7 Å². The molecular formula is C14H23N5O. The molecule has 0 bridgehead atoms. The molecule has 1 aromatic heterocycles. The van der Waals surface area contributed by atoms with Crippen LogP contribution in [0.5, 0.6) is 0 Å². The highest BCUT2D eigenvalue weighted by Gasteiger charge is 2.20. The molecule has 1 fully saturated rings. The van der Waals surface area contributed by atoms with Crippen molar-refractivity contribution < 1.29 is 4.79 Å². The summed E-state index contributed by atoms with van der Waals surface area (Å²) in [6.07, 6.45) is 3.40. The van der Waals surface area contributed by atoms with E-state index in [1.54, 1.807) is 0 Å². The van der Waals surface area contributed by atoms with Gasteiger partial charge < -0.3 is 16.0 Å². The highest BCUT2D eigenvalue weighted by Crippen LogP contribution is 2.14. The van der Waals surface area contributed by atoms with Gasteiger partial charge in [-0.2, -0.15) is 0 Å². The lowest BCUT2D eigenvalue weighted by Crippen LogP contribution is -2.32. The highest BCUT2D eigenvalue weighted by molar-refractivity contribution is 5.78. The quantitative estimate of drug-likeness (QED) is 0.705. The van der Waals surface area contributed by atoms with Crippen LogP contribution in [0.3, 0.4) is 0 Å². The average molecular weight is 277 g/mol. The topological polar surface area (TPSA) is 78.9 Å². The maximum atomic E-state index is 11.2. The Morgan fingerprint density at radius 2 is 2.05 bits per heavy atom. The first-order chi connectivity index (χ1) is 9.71. The molecule has 1 aliphatic rings. The Labute approximate surface area is 119 Å². The van der Waals surface area contributed by atoms with E-state index in [2.05, 4.69) is 32.8 Å². The van der Waals surface area contributed by atoms with Gasteiger partial charge in [0.25, 0.3) is 0 Å². The third-order valence-electron chi connectivity index (χ3n) is 3.22. The number of anilines is 2. The van der Waals surface area contributed by atoms with Gasteiger partial charge in [-0.15, -0.1) is 0 Å². The number of hydrogen-bond donors (Lipinski definition) is 3. The van der Waals surface area contributed by atoms with Crippen molar-refractivity contribution in [2.45, 2.75) is 45.6 Å². The summed E-state index contributed by atoms with van der Waals surface area (Å²) in [7, 11) is 0. The van der Waals surface area contributed by atoms with E-state index in [-0.39, 0.29) is 11.9 Å². The Morgan fingerprint density at radius 3 is 2.65 bits per heavy atom. The molecular weight excluding hydrogens is 254 g/mol. The fraction of sp³-hybridized carbons (Fsp3) is 0.643. The van der Waals surface area contributed by atoms with Crippen molar-refractivity contribution in [2.24, 2.45) is 0 Å². The predicted molar refractivity (Wildman–Crippen MR) is 79.8 cm³/mol. The van der Waals surface area contributed by atoms with Crippen LogP contribution in [0.4, 0.5) is 11.6 Å². The van der Waals surface area contributed by atoms with Crippen LogP contribution < -0.4 is 16.0 Å². The summed E-state index contributed by atoms with van der Waals surface area (Å²) in [5, 5.41) is 9.46. The van der Waals surface area contributed by atoms with E-state index in [1.165, 1.54) is 0 Å². The van der Waals surface area contributed by atoms with Crippen molar-refractivity contribution in [1.29, 1.82) is 0 Å². The van der Waals surface area contributed by atoms with Gasteiger partial charge in [-0.1, -0.05) is 6.92 Å². The molecule has 0 aromatic carbocycles. The SMILES string of the molecule is CCCc1nc(NCC)cc(NCC2CCC(=O)N2)n1. The molecule has 2 heterocycles. The Morgan fingerprint density at radius 1 is 1.30 bits per heavy atom. The van der Waals surface area contributed by atoms with Crippen LogP contribution in [-0.4, -0.2) is 35.0 Å². The van der Waals surface area contributed by atoms with Crippen molar-refractivity contribution >= 4 is 17.5 Å². The number of nitrogens with one attached hydrogen (secondary N) is 3. The lowest BCUT2D eigenvalue weighted by atomic mass is 10.2. The van der Waals surface area contributed by atoms with Crippen LogP contribution in [0.2, 0.25) is 0 Å². The lowest BCUT2D eigenvalue weighted by Gasteiger charge is -2.13. The standard InChI is InChI=1S/C14H23N5O/c1-3-5-11-18-12(15-4-2)8-13(19-11)16-9-10-6-7-14(20)17-10/h8,10H,3-7,9H2,1-2H3,(H,17,20)(H2,15,16,18,19). The smallest absolute Gasteiger partial charge is 0.220 e. The first kappa shape index (κ1) is 14.6. The molecule has 1 atom stereocenters. The van der Waals surface area contributed by atoms with Crippen LogP contribution in [-0.2, 0) is 11.2 Å². The summed E-state index contributed by atoms with van der Waals surface area (Å²) in [6, 6.07) is 2.12. The molecule has 110 valence electrons. The second kappa shape index (κ2) is 7.07. The Balaban J connectivity index is 1.99. The number of hydrogen-bond acceptors (Lipinski definition) is 5. The van der Waals surface area contributed by atoms with E-state index in [9.17, 15) is 4.79 Å². The van der Waals surface area contributed by atoms with Gasteiger partial charge in [-0.25, -0.2) is 9.97 Å². The van der Waals surface area contributed by atoms with E-state index in [4.69, 9.17) is 0 Å². The second-order valence-corrected chi connectivity index (χ2v) is 5.02. The van der Waals surface area contributed by atoms with E-state index in [0.717, 1.165) is 43.3 Å². The predicted octanol–water partition coefficient (Wildman–Crippen LogP) is 1.55. The molecule has 0 spiro atoms. The molecule has 2 rings (SSSR count). The second-order valence-electron chi connectivity index (χ2n) is 5.02. The number of rotatable bonds is 7. The van der Waals surface area contributed by atoms with Gasteiger partial charge in [-0.3, -0.25) is 4.79 Å². The molecule has 1 aromatic rings. The van der Waals surface area contributed by atoms with E-state index >= 15 is 0 Å². The number of amides is 1.